The van der Waals surface area contributed by atoms with Crippen molar-refractivity contribution in [3.05, 3.63) is 29.8 Å². The molecule has 18 heavy (non-hydrogen) atoms. The largest absolute Gasteiger partial charge is 0.371 e. The minimum absolute atomic E-state index is 0.182. The summed E-state index contributed by atoms with van der Waals surface area (Å²) in [6, 6.07) is 8.91. The molecule has 2 heteroatoms. The number of rotatable bonds is 3. The number of benzene rings is 1. The van der Waals surface area contributed by atoms with Gasteiger partial charge >= 0.3 is 0 Å². The summed E-state index contributed by atoms with van der Waals surface area (Å²) in [6.07, 6.45) is 5.32. The fraction of sp³-hybridized carbons (Fsp3) is 0.625. The van der Waals surface area contributed by atoms with Crippen molar-refractivity contribution in [3.63, 3.8) is 0 Å². The van der Waals surface area contributed by atoms with E-state index in [1.165, 1.54) is 43.6 Å². The monoisotopic (exact) mass is 244 g/mol. The zero-order valence-electron chi connectivity index (χ0n) is 11.3. The molecule has 1 aromatic carbocycles. The van der Waals surface area contributed by atoms with Crippen LogP contribution in [0.2, 0.25) is 0 Å². The van der Waals surface area contributed by atoms with Crippen LogP contribution in [0.4, 0.5) is 5.69 Å². The highest BCUT2D eigenvalue weighted by molar-refractivity contribution is 5.56. The Morgan fingerprint density at radius 2 is 1.89 bits per heavy atom. The number of hydrogen-bond acceptors (Lipinski definition) is 2. The van der Waals surface area contributed by atoms with Crippen LogP contribution in [0.5, 0.6) is 0 Å². The van der Waals surface area contributed by atoms with Crippen LogP contribution in [-0.4, -0.2) is 13.1 Å². The van der Waals surface area contributed by atoms with E-state index in [1.54, 1.807) is 0 Å². The van der Waals surface area contributed by atoms with Crippen LogP contribution in [-0.2, 0) is 0 Å². The summed E-state index contributed by atoms with van der Waals surface area (Å²) in [7, 11) is 0. The minimum atomic E-state index is 0.182. The Kier molecular flexibility index (Phi) is 3.29. The first kappa shape index (κ1) is 12.0. The number of fused-ring (bicyclic) bond motifs is 1. The van der Waals surface area contributed by atoms with E-state index in [2.05, 4.69) is 36.1 Å². The normalized spacial score (nSPS) is 28.4. The second kappa shape index (κ2) is 4.93. The van der Waals surface area contributed by atoms with Gasteiger partial charge in [-0.05, 0) is 42.7 Å². The molecule has 1 aliphatic heterocycles. The molecule has 2 aliphatic rings. The molecule has 2 fully saturated rings. The third kappa shape index (κ3) is 2.03. The molecule has 1 saturated carbocycles. The number of para-hydroxylation sites is 1. The van der Waals surface area contributed by atoms with Gasteiger partial charge in [0.2, 0.25) is 0 Å². The van der Waals surface area contributed by atoms with Crippen molar-refractivity contribution in [2.24, 2.45) is 17.6 Å². The van der Waals surface area contributed by atoms with E-state index < -0.39 is 0 Å². The molecule has 1 saturated heterocycles. The number of hydrogen-bond donors (Lipinski definition) is 1. The van der Waals surface area contributed by atoms with E-state index in [0.717, 1.165) is 18.3 Å². The Balaban J connectivity index is 1.84. The quantitative estimate of drug-likeness (QED) is 0.883. The molecule has 0 spiro atoms. The van der Waals surface area contributed by atoms with E-state index in [0.29, 0.717) is 0 Å². The average Bonchev–Trinajstić information content (AvgIpc) is 2.98. The highest BCUT2D eigenvalue weighted by atomic mass is 15.2. The van der Waals surface area contributed by atoms with E-state index in [4.69, 9.17) is 5.73 Å². The Morgan fingerprint density at radius 3 is 2.56 bits per heavy atom. The van der Waals surface area contributed by atoms with Crippen LogP contribution in [0, 0.1) is 11.8 Å². The predicted molar refractivity (Wildman–Crippen MR) is 76.7 cm³/mol. The highest BCUT2D eigenvalue weighted by Crippen LogP contribution is 2.41. The van der Waals surface area contributed by atoms with Crippen LogP contribution in [0.3, 0.4) is 0 Å². The summed E-state index contributed by atoms with van der Waals surface area (Å²) < 4.78 is 0. The third-order valence-electron chi connectivity index (χ3n) is 4.84. The molecule has 3 rings (SSSR count). The summed E-state index contributed by atoms with van der Waals surface area (Å²) in [5, 5.41) is 0. The Bertz CT molecular complexity index is 403. The van der Waals surface area contributed by atoms with Crippen LogP contribution in [0.25, 0.3) is 0 Å². The lowest BCUT2D eigenvalue weighted by Gasteiger charge is -2.25. The molecule has 98 valence electrons. The average molecular weight is 244 g/mol. The molecule has 0 amide bonds. The molecule has 2 N–H and O–H groups in total. The van der Waals surface area contributed by atoms with Gasteiger partial charge in [0.05, 0.1) is 0 Å². The van der Waals surface area contributed by atoms with Crippen molar-refractivity contribution in [2.75, 3.05) is 18.0 Å². The summed E-state index contributed by atoms with van der Waals surface area (Å²) >= 11 is 0. The van der Waals surface area contributed by atoms with Gasteiger partial charge in [-0.25, -0.2) is 0 Å². The van der Waals surface area contributed by atoms with Crippen molar-refractivity contribution >= 4 is 5.69 Å². The SMILES string of the molecule is CC[C@@H](N)c1ccccc1N1CC2CCCC2C1. The lowest BCUT2D eigenvalue weighted by atomic mass is 10.0. The molecule has 2 unspecified atom stereocenters. The fourth-order valence-corrected chi connectivity index (χ4v) is 3.74. The van der Waals surface area contributed by atoms with E-state index >= 15 is 0 Å². The summed E-state index contributed by atoms with van der Waals surface area (Å²) in [4.78, 5) is 2.58. The van der Waals surface area contributed by atoms with Crippen molar-refractivity contribution in [2.45, 2.75) is 38.6 Å². The zero-order valence-corrected chi connectivity index (χ0v) is 11.3. The van der Waals surface area contributed by atoms with Crippen molar-refractivity contribution in [1.29, 1.82) is 0 Å². The van der Waals surface area contributed by atoms with Gasteiger partial charge in [0.15, 0.2) is 0 Å². The third-order valence-corrected chi connectivity index (χ3v) is 4.84. The van der Waals surface area contributed by atoms with E-state index in [-0.39, 0.29) is 6.04 Å². The van der Waals surface area contributed by atoms with Crippen molar-refractivity contribution in [1.82, 2.24) is 0 Å². The second-order valence-electron chi connectivity index (χ2n) is 5.93. The van der Waals surface area contributed by atoms with Crippen molar-refractivity contribution in [3.8, 4) is 0 Å². The molecular weight excluding hydrogens is 220 g/mol. The van der Waals surface area contributed by atoms with Crippen LogP contribution >= 0.6 is 0 Å². The van der Waals surface area contributed by atoms with Gasteiger partial charge in [-0.3, -0.25) is 0 Å². The molecule has 0 aromatic heterocycles. The topological polar surface area (TPSA) is 29.3 Å². The maximum atomic E-state index is 6.25. The molecule has 1 aromatic rings. The van der Waals surface area contributed by atoms with E-state index in [1.807, 2.05) is 0 Å². The van der Waals surface area contributed by atoms with Gasteiger partial charge in [0.1, 0.15) is 0 Å². The standard InChI is InChI=1S/C16H24N2/c1-2-15(17)14-8-3-4-9-16(14)18-10-12-6-5-7-13(12)11-18/h3-4,8-9,12-13,15H,2,5-7,10-11,17H2,1H3/t12?,13?,15-/m1/s1. The Labute approximate surface area is 110 Å². The lowest BCUT2D eigenvalue weighted by molar-refractivity contribution is 0.494. The van der Waals surface area contributed by atoms with Gasteiger partial charge in [-0.2, -0.15) is 0 Å². The summed E-state index contributed by atoms with van der Waals surface area (Å²) in [5.41, 5.74) is 8.98. The second-order valence-corrected chi connectivity index (χ2v) is 5.93. The fourth-order valence-electron chi connectivity index (χ4n) is 3.74. The van der Waals surface area contributed by atoms with Gasteiger partial charge in [0.25, 0.3) is 0 Å². The smallest absolute Gasteiger partial charge is 0.0414 e. The molecule has 0 radical (unpaired) electrons. The van der Waals surface area contributed by atoms with Gasteiger partial charge in [0, 0.05) is 24.8 Å². The van der Waals surface area contributed by atoms with Gasteiger partial charge < -0.3 is 10.6 Å². The Hall–Kier alpha value is -1.02. The molecular formula is C16H24N2. The highest BCUT2D eigenvalue weighted by Gasteiger charge is 2.36. The lowest BCUT2D eigenvalue weighted by Crippen LogP contribution is -2.24. The molecule has 2 nitrogen and oxygen atoms in total. The number of nitrogens with zero attached hydrogens (tertiary/aromatic N) is 1. The van der Waals surface area contributed by atoms with Crippen LogP contribution in [0.15, 0.2) is 24.3 Å². The Morgan fingerprint density at radius 1 is 1.22 bits per heavy atom. The van der Waals surface area contributed by atoms with Crippen molar-refractivity contribution < 1.29 is 0 Å². The predicted octanol–water partition coefficient (Wildman–Crippen LogP) is 3.33. The number of nitrogens with two attached hydrogens (primary N) is 1. The molecule has 1 heterocycles. The maximum Gasteiger partial charge on any atom is 0.0414 e. The molecule has 1 aliphatic carbocycles. The zero-order chi connectivity index (χ0) is 12.5. The summed E-state index contributed by atoms with van der Waals surface area (Å²) in [6.45, 7) is 4.66. The first-order valence-electron chi connectivity index (χ1n) is 7.39. The van der Waals surface area contributed by atoms with Crippen LogP contribution < -0.4 is 10.6 Å². The minimum Gasteiger partial charge on any atom is -0.371 e. The molecule has 3 atom stereocenters. The van der Waals surface area contributed by atoms with Gasteiger partial charge in [-0.15, -0.1) is 0 Å². The molecule has 0 bridgehead atoms. The first-order chi connectivity index (χ1) is 8.79. The van der Waals surface area contributed by atoms with E-state index in [9.17, 15) is 0 Å². The van der Waals surface area contributed by atoms with Gasteiger partial charge in [-0.1, -0.05) is 31.5 Å². The summed E-state index contributed by atoms with van der Waals surface area (Å²) in [5.74, 6) is 1.88. The number of anilines is 1. The van der Waals surface area contributed by atoms with Crippen LogP contribution in [0.1, 0.15) is 44.2 Å². The maximum absolute atomic E-state index is 6.25. The first-order valence-corrected chi connectivity index (χ1v) is 7.39.